The maximum absolute atomic E-state index is 13.1. The van der Waals surface area contributed by atoms with Gasteiger partial charge in [-0.05, 0) is 35.2 Å². The lowest BCUT2D eigenvalue weighted by molar-refractivity contribution is -0.147. The summed E-state index contributed by atoms with van der Waals surface area (Å²) in [6.07, 6.45) is 0.886. The van der Waals surface area contributed by atoms with E-state index in [4.69, 9.17) is 16.3 Å². The Morgan fingerprint density at radius 2 is 1.47 bits per heavy atom. The number of hydrogen-bond donors (Lipinski definition) is 2. The second-order valence-electron chi connectivity index (χ2n) is 7.87. The number of halogens is 1. The van der Waals surface area contributed by atoms with Gasteiger partial charge in [-0.1, -0.05) is 84.4 Å². The Bertz CT molecular complexity index is 1030. The van der Waals surface area contributed by atoms with E-state index in [-0.39, 0.29) is 26.2 Å². The van der Waals surface area contributed by atoms with Gasteiger partial charge in [-0.25, -0.2) is 9.59 Å². The van der Waals surface area contributed by atoms with Crippen molar-refractivity contribution in [3.8, 4) is 0 Å². The first-order chi connectivity index (χ1) is 16.5. The topological polar surface area (TPSA) is 78.9 Å². The molecule has 3 aromatic carbocycles. The van der Waals surface area contributed by atoms with Gasteiger partial charge in [-0.3, -0.25) is 0 Å². The molecule has 0 aliphatic rings. The van der Waals surface area contributed by atoms with Crippen molar-refractivity contribution >= 4 is 23.6 Å². The summed E-state index contributed by atoms with van der Waals surface area (Å²) in [5.41, 5.74) is 2.78. The van der Waals surface area contributed by atoms with Gasteiger partial charge >= 0.3 is 12.0 Å². The third kappa shape index (κ3) is 8.21. The largest absolute Gasteiger partial charge is 0.459 e. The van der Waals surface area contributed by atoms with E-state index in [9.17, 15) is 14.7 Å². The molecule has 0 fully saturated rings. The Labute approximate surface area is 205 Å². The Balaban J connectivity index is 1.68. The molecule has 178 valence electrons. The Kier molecular flexibility index (Phi) is 9.95. The molecule has 0 spiro atoms. The number of ether oxygens (including phenoxy) is 1. The second kappa shape index (κ2) is 13.4. The van der Waals surface area contributed by atoms with Gasteiger partial charge in [0.15, 0.2) is 0 Å². The van der Waals surface area contributed by atoms with E-state index in [1.807, 2.05) is 72.8 Å². The van der Waals surface area contributed by atoms with Crippen molar-refractivity contribution in [1.29, 1.82) is 0 Å². The van der Waals surface area contributed by atoms with Gasteiger partial charge in [-0.2, -0.15) is 0 Å². The van der Waals surface area contributed by atoms with Gasteiger partial charge in [0.1, 0.15) is 12.6 Å². The van der Waals surface area contributed by atoms with Crippen LogP contribution in [0, 0.1) is 0 Å². The number of amides is 2. The minimum atomic E-state index is -0.893. The lowest BCUT2D eigenvalue weighted by Gasteiger charge is -2.25. The van der Waals surface area contributed by atoms with Gasteiger partial charge in [0.05, 0.1) is 6.61 Å². The van der Waals surface area contributed by atoms with Crippen LogP contribution in [0.2, 0.25) is 5.02 Å². The van der Waals surface area contributed by atoms with Crippen LogP contribution in [-0.2, 0) is 29.0 Å². The Morgan fingerprint density at radius 3 is 2.09 bits per heavy atom. The Hall–Kier alpha value is -3.35. The lowest BCUT2D eigenvalue weighted by atomic mass is 10.1. The van der Waals surface area contributed by atoms with Crippen molar-refractivity contribution in [2.45, 2.75) is 25.5 Å². The smallest absolute Gasteiger partial charge is 0.329 e. The van der Waals surface area contributed by atoms with E-state index in [0.717, 1.165) is 16.7 Å². The van der Waals surface area contributed by atoms with Crippen LogP contribution in [0.3, 0.4) is 0 Å². The molecule has 0 aliphatic heterocycles. The van der Waals surface area contributed by atoms with Crippen molar-refractivity contribution in [3.05, 3.63) is 107 Å². The van der Waals surface area contributed by atoms with E-state index in [1.54, 1.807) is 12.1 Å². The molecular weight excluding hydrogens is 452 g/mol. The van der Waals surface area contributed by atoms with Gasteiger partial charge in [-0.15, -0.1) is 0 Å². The van der Waals surface area contributed by atoms with Crippen LogP contribution in [0.1, 0.15) is 16.7 Å². The number of benzene rings is 3. The lowest BCUT2D eigenvalue weighted by Crippen LogP contribution is -2.50. The zero-order chi connectivity index (χ0) is 24.2. The van der Waals surface area contributed by atoms with Crippen LogP contribution in [0.25, 0.3) is 0 Å². The molecule has 3 rings (SSSR count). The fourth-order valence-electron chi connectivity index (χ4n) is 3.46. The number of urea groups is 1. The second-order valence-corrected chi connectivity index (χ2v) is 8.31. The average molecular weight is 481 g/mol. The Morgan fingerprint density at radius 1 is 0.853 bits per heavy atom. The van der Waals surface area contributed by atoms with Crippen LogP contribution in [-0.4, -0.2) is 47.7 Å². The molecule has 2 amide bonds. The van der Waals surface area contributed by atoms with Crippen molar-refractivity contribution in [3.63, 3.8) is 0 Å². The predicted molar refractivity (Wildman–Crippen MR) is 133 cm³/mol. The quantitative estimate of drug-likeness (QED) is 0.402. The monoisotopic (exact) mass is 480 g/mol. The normalized spacial score (nSPS) is 11.5. The first-order valence-electron chi connectivity index (χ1n) is 11.2. The van der Waals surface area contributed by atoms with Gasteiger partial charge in [0.25, 0.3) is 0 Å². The number of carbonyl (C=O) groups is 2. The molecule has 7 heteroatoms. The van der Waals surface area contributed by atoms with Crippen LogP contribution in [0.5, 0.6) is 0 Å². The molecule has 0 bridgehead atoms. The molecule has 0 heterocycles. The standard InChI is InChI=1S/C27H29ClN2O4/c28-24-13-11-22(12-14-24)19-25(26(32)34-20-23-9-5-2-6-10-23)29-27(33)30(17-18-31)16-15-21-7-3-1-4-8-21/h1-14,25,31H,15-20H2,(H,29,33)/t25-/m0/s1. The molecule has 0 saturated heterocycles. The zero-order valence-corrected chi connectivity index (χ0v) is 19.7. The summed E-state index contributed by atoms with van der Waals surface area (Å²) in [4.78, 5) is 27.5. The van der Waals surface area contributed by atoms with Crippen molar-refractivity contribution in [2.24, 2.45) is 0 Å². The van der Waals surface area contributed by atoms with Gasteiger partial charge in [0, 0.05) is 24.5 Å². The number of aliphatic hydroxyl groups is 1. The van der Waals surface area contributed by atoms with E-state index in [1.165, 1.54) is 4.90 Å². The van der Waals surface area contributed by atoms with Crippen molar-refractivity contribution in [1.82, 2.24) is 10.2 Å². The molecule has 0 saturated carbocycles. The summed E-state index contributed by atoms with van der Waals surface area (Å²) in [5.74, 6) is -0.529. The summed E-state index contributed by atoms with van der Waals surface area (Å²) in [5, 5.41) is 12.9. The third-order valence-electron chi connectivity index (χ3n) is 5.33. The van der Waals surface area contributed by atoms with Crippen LogP contribution in [0.4, 0.5) is 4.79 Å². The molecular formula is C27H29ClN2O4. The molecule has 3 aromatic rings. The summed E-state index contributed by atoms with van der Waals surface area (Å²) >= 11 is 5.98. The maximum atomic E-state index is 13.1. The summed E-state index contributed by atoms with van der Waals surface area (Å²) in [7, 11) is 0. The summed E-state index contributed by atoms with van der Waals surface area (Å²) in [6.45, 7) is 0.498. The highest BCUT2D eigenvalue weighted by molar-refractivity contribution is 6.30. The highest BCUT2D eigenvalue weighted by atomic mass is 35.5. The van der Waals surface area contributed by atoms with Crippen molar-refractivity contribution in [2.75, 3.05) is 19.7 Å². The molecule has 0 aliphatic carbocycles. The van der Waals surface area contributed by atoms with Crippen LogP contribution >= 0.6 is 11.6 Å². The SMILES string of the molecule is O=C(OCc1ccccc1)[C@H](Cc1ccc(Cl)cc1)NC(=O)N(CCO)CCc1ccccc1. The van der Waals surface area contributed by atoms with Gasteiger partial charge in [0.2, 0.25) is 0 Å². The fraction of sp³-hybridized carbons (Fsp3) is 0.259. The maximum Gasteiger partial charge on any atom is 0.329 e. The number of nitrogens with zero attached hydrogens (tertiary/aromatic N) is 1. The number of aliphatic hydroxyl groups excluding tert-OH is 1. The molecule has 1 atom stereocenters. The minimum Gasteiger partial charge on any atom is -0.459 e. The fourth-order valence-corrected chi connectivity index (χ4v) is 3.59. The van der Waals surface area contributed by atoms with E-state index in [2.05, 4.69) is 5.32 Å². The number of rotatable bonds is 11. The van der Waals surface area contributed by atoms with Crippen molar-refractivity contribution < 1.29 is 19.4 Å². The number of hydrogen-bond acceptors (Lipinski definition) is 4. The first kappa shape index (κ1) is 25.3. The summed E-state index contributed by atoms with van der Waals surface area (Å²) in [6, 6.07) is 24.9. The van der Waals surface area contributed by atoms with Gasteiger partial charge < -0.3 is 20.1 Å². The highest BCUT2D eigenvalue weighted by Crippen LogP contribution is 2.13. The molecule has 0 radical (unpaired) electrons. The predicted octanol–water partition coefficient (Wildman–Crippen LogP) is 4.24. The number of carbonyl (C=O) groups excluding carboxylic acids is 2. The van der Waals surface area contributed by atoms with Crippen LogP contribution in [0.15, 0.2) is 84.9 Å². The molecule has 2 N–H and O–H groups in total. The zero-order valence-electron chi connectivity index (χ0n) is 18.9. The third-order valence-corrected chi connectivity index (χ3v) is 5.58. The minimum absolute atomic E-state index is 0.112. The molecule has 0 aromatic heterocycles. The van der Waals surface area contributed by atoms with E-state index >= 15 is 0 Å². The number of nitrogens with one attached hydrogen (secondary N) is 1. The van der Waals surface area contributed by atoms with E-state index < -0.39 is 18.0 Å². The average Bonchev–Trinajstić information content (AvgIpc) is 2.87. The molecule has 0 unspecified atom stereocenters. The number of esters is 1. The molecule has 6 nitrogen and oxygen atoms in total. The first-order valence-corrected chi connectivity index (χ1v) is 11.6. The molecule has 34 heavy (non-hydrogen) atoms. The van der Waals surface area contributed by atoms with Crippen LogP contribution < -0.4 is 5.32 Å². The highest BCUT2D eigenvalue weighted by Gasteiger charge is 2.25. The summed E-state index contributed by atoms with van der Waals surface area (Å²) < 4.78 is 5.51. The van der Waals surface area contributed by atoms with E-state index in [0.29, 0.717) is 18.0 Å².